The molecule has 0 radical (unpaired) electrons. The van der Waals surface area contributed by atoms with Crippen LogP contribution >= 0.6 is 11.8 Å². The molecule has 5 nitrogen and oxygen atoms in total. The largest absolute Gasteiger partial charge is 0.465 e. The van der Waals surface area contributed by atoms with Gasteiger partial charge in [-0.05, 0) is 85.8 Å². The second kappa shape index (κ2) is 19.2. The summed E-state index contributed by atoms with van der Waals surface area (Å²) < 4.78 is 10.6. The molecule has 6 heteroatoms. The first-order chi connectivity index (χ1) is 21.3. The number of hydrogen-bond donors (Lipinski definition) is 0. The lowest BCUT2D eigenvalue weighted by Crippen LogP contribution is -2.31. The van der Waals surface area contributed by atoms with E-state index >= 15 is 0 Å². The van der Waals surface area contributed by atoms with Gasteiger partial charge in [0.15, 0.2) is 5.44 Å². The third-order valence-corrected chi connectivity index (χ3v) is 8.87. The van der Waals surface area contributed by atoms with Gasteiger partial charge in [0.2, 0.25) is 0 Å². The molecule has 0 N–H and O–H groups in total. The average molecular weight is 616 g/mol. The van der Waals surface area contributed by atoms with E-state index in [4.69, 9.17) is 9.47 Å². The number of benzene rings is 1. The van der Waals surface area contributed by atoms with E-state index < -0.39 is 5.97 Å². The Morgan fingerprint density at radius 2 is 1.64 bits per heavy atom. The Morgan fingerprint density at radius 3 is 2.34 bits per heavy atom. The standard InChI is InChI=1S/C38H49NO4S/c1-5-6-7-8-9-10-11-12-13-14-15-16-17-18-19-20-35(40)43-36-28-38(2,3)33-27-30(22-26-34(33)44-36)21-24-32-25-23-31(29-39-32)37(41)42-4/h8-9,12-13,22-23,25-27,29,36H,5-7,10-11,14-20,28H2,1-4H3/b9-8-,13-12-. The van der Waals surface area contributed by atoms with Gasteiger partial charge in [-0.3, -0.25) is 4.79 Å². The van der Waals surface area contributed by atoms with E-state index in [1.165, 1.54) is 57.4 Å². The number of ether oxygens (including phenoxy) is 2. The van der Waals surface area contributed by atoms with Crippen LogP contribution in [0.15, 0.2) is 65.7 Å². The maximum Gasteiger partial charge on any atom is 0.339 e. The molecule has 3 rings (SSSR count). The molecule has 0 saturated carbocycles. The van der Waals surface area contributed by atoms with Crippen molar-refractivity contribution in [2.45, 2.75) is 120 Å². The number of nitrogens with zero attached hydrogens (tertiary/aromatic N) is 1. The molecule has 0 aliphatic carbocycles. The van der Waals surface area contributed by atoms with Crippen molar-refractivity contribution >= 4 is 23.7 Å². The molecule has 0 saturated heterocycles. The number of unbranched alkanes of at least 4 members (excludes halogenated alkanes) is 8. The second-order valence-corrected chi connectivity index (χ2v) is 13.2. The third-order valence-electron chi connectivity index (χ3n) is 7.74. The van der Waals surface area contributed by atoms with Crippen LogP contribution in [0.4, 0.5) is 0 Å². The Kier molecular flexibility index (Phi) is 15.3. The van der Waals surface area contributed by atoms with Crippen molar-refractivity contribution in [1.29, 1.82) is 0 Å². The summed E-state index contributed by atoms with van der Waals surface area (Å²) in [5, 5.41) is 0. The summed E-state index contributed by atoms with van der Waals surface area (Å²) in [6.07, 6.45) is 24.7. The number of methoxy groups -OCH3 is 1. The Labute approximate surface area is 269 Å². The zero-order valence-electron chi connectivity index (χ0n) is 27.0. The van der Waals surface area contributed by atoms with Gasteiger partial charge in [-0.1, -0.05) is 94.9 Å². The Bertz CT molecular complexity index is 1320. The van der Waals surface area contributed by atoms with Gasteiger partial charge < -0.3 is 9.47 Å². The summed E-state index contributed by atoms with van der Waals surface area (Å²) in [5.41, 5.74) is 2.76. The molecule has 1 atom stereocenters. The molecule has 1 aromatic heterocycles. The van der Waals surface area contributed by atoms with Gasteiger partial charge in [-0.15, -0.1) is 0 Å². The number of aromatic nitrogens is 1. The van der Waals surface area contributed by atoms with Gasteiger partial charge in [0, 0.05) is 29.5 Å². The molecule has 1 aromatic carbocycles. The molecule has 0 amide bonds. The van der Waals surface area contributed by atoms with Crippen LogP contribution in [0.1, 0.15) is 131 Å². The minimum absolute atomic E-state index is 0.0957. The Hall–Kier alpha value is -3.30. The fourth-order valence-corrected chi connectivity index (χ4v) is 6.66. The van der Waals surface area contributed by atoms with E-state index in [0.717, 1.165) is 49.0 Å². The summed E-state index contributed by atoms with van der Waals surface area (Å²) in [4.78, 5) is 29.6. The number of carbonyl (C=O) groups excluding carboxylic acids is 2. The SMILES string of the molecule is CCCC/C=C\CC/C=C\CCCCCCCC(=O)OC1CC(C)(C)c2cc(C#Cc3ccc(C(=O)OC)cn3)ccc2S1. The predicted octanol–water partition coefficient (Wildman–Crippen LogP) is 9.72. The first kappa shape index (κ1) is 35.2. The lowest BCUT2D eigenvalue weighted by molar-refractivity contribution is -0.145. The number of allylic oxidation sites excluding steroid dienone is 4. The first-order valence-corrected chi connectivity index (χ1v) is 17.1. The van der Waals surface area contributed by atoms with Crippen molar-refractivity contribution in [2.75, 3.05) is 7.11 Å². The summed E-state index contributed by atoms with van der Waals surface area (Å²) in [5.74, 6) is 5.75. The van der Waals surface area contributed by atoms with Crippen molar-refractivity contribution in [3.8, 4) is 11.8 Å². The fourth-order valence-electron chi connectivity index (χ4n) is 5.11. The lowest BCUT2D eigenvalue weighted by Gasteiger charge is -2.36. The number of pyridine rings is 1. The van der Waals surface area contributed by atoms with Crippen LogP contribution in [-0.2, 0) is 19.7 Å². The van der Waals surface area contributed by atoms with E-state index in [1.54, 1.807) is 23.9 Å². The van der Waals surface area contributed by atoms with Gasteiger partial charge in [-0.2, -0.15) is 0 Å². The Balaban J connectivity index is 1.35. The molecule has 236 valence electrons. The molecular formula is C38H49NO4S. The molecule has 2 aromatic rings. The molecule has 0 bridgehead atoms. The van der Waals surface area contributed by atoms with E-state index in [1.807, 2.05) is 6.07 Å². The predicted molar refractivity (Wildman–Crippen MR) is 181 cm³/mol. The maximum atomic E-state index is 12.6. The number of carbonyl (C=O) groups is 2. The van der Waals surface area contributed by atoms with Gasteiger partial charge in [0.05, 0.1) is 12.7 Å². The normalized spacial score (nSPS) is 15.5. The fraction of sp³-hybridized carbons (Fsp3) is 0.500. The summed E-state index contributed by atoms with van der Waals surface area (Å²) in [7, 11) is 1.34. The topological polar surface area (TPSA) is 65.5 Å². The van der Waals surface area contributed by atoms with Crippen molar-refractivity contribution < 1.29 is 19.1 Å². The minimum atomic E-state index is -0.419. The van der Waals surface area contributed by atoms with Gasteiger partial charge >= 0.3 is 11.9 Å². The van der Waals surface area contributed by atoms with Gasteiger partial charge in [0.25, 0.3) is 0 Å². The van der Waals surface area contributed by atoms with Crippen LogP contribution in [0.25, 0.3) is 0 Å². The number of fused-ring (bicyclic) bond motifs is 1. The number of thioether (sulfide) groups is 1. The summed E-state index contributed by atoms with van der Waals surface area (Å²) in [6.45, 7) is 6.62. The maximum absolute atomic E-state index is 12.6. The molecule has 1 unspecified atom stereocenters. The van der Waals surface area contributed by atoms with Crippen molar-refractivity contribution in [3.63, 3.8) is 0 Å². The van der Waals surface area contributed by atoms with Crippen LogP contribution < -0.4 is 0 Å². The van der Waals surface area contributed by atoms with Crippen LogP contribution in [0.3, 0.4) is 0 Å². The van der Waals surface area contributed by atoms with Crippen LogP contribution in [-0.4, -0.2) is 29.5 Å². The molecule has 0 fully saturated rings. The lowest BCUT2D eigenvalue weighted by atomic mass is 9.80. The quantitative estimate of drug-likeness (QED) is 0.0811. The van der Waals surface area contributed by atoms with Gasteiger partial charge in [0.1, 0.15) is 5.69 Å². The summed E-state index contributed by atoms with van der Waals surface area (Å²) in [6, 6.07) is 9.56. The van der Waals surface area contributed by atoms with E-state index in [-0.39, 0.29) is 16.8 Å². The zero-order valence-corrected chi connectivity index (χ0v) is 27.8. The summed E-state index contributed by atoms with van der Waals surface area (Å²) >= 11 is 1.62. The van der Waals surface area contributed by atoms with E-state index in [2.05, 4.69) is 74.0 Å². The highest BCUT2D eigenvalue weighted by Crippen LogP contribution is 2.46. The molecule has 2 heterocycles. The van der Waals surface area contributed by atoms with E-state index in [9.17, 15) is 9.59 Å². The van der Waals surface area contributed by atoms with Crippen LogP contribution in [0, 0.1) is 11.8 Å². The molecular weight excluding hydrogens is 566 g/mol. The first-order valence-electron chi connectivity index (χ1n) is 16.2. The van der Waals surface area contributed by atoms with Crippen molar-refractivity contribution in [1.82, 2.24) is 4.98 Å². The van der Waals surface area contributed by atoms with Crippen molar-refractivity contribution in [3.05, 3.63) is 83.2 Å². The van der Waals surface area contributed by atoms with E-state index in [0.29, 0.717) is 17.7 Å². The highest BCUT2D eigenvalue weighted by Gasteiger charge is 2.35. The van der Waals surface area contributed by atoms with Crippen LogP contribution in [0.5, 0.6) is 0 Å². The van der Waals surface area contributed by atoms with Crippen LogP contribution in [0.2, 0.25) is 0 Å². The number of rotatable bonds is 16. The third kappa shape index (κ3) is 12.4. The Morgan fingerprint density at radius 1 is 0.932 bits per heavy atom. The number of hydrogen-bond acceptors (Lipinski definition) is 6. The molecule has 44 heavy (non-hydrogen) atoms. The zero-order chi connectivity index (χ0) is 31.6. The average Bonchev–Trinajstić information content (AvgIpc) is 3.01. The van der Waals surface area contributed by atoms with Crippen molar-refractivity contribution in [2.24, 2.45) is 0 Å². The molecule has 0 spiro atoms. The highest BCUT2D eigenvalue weighted by atomic mass is 32.2. The minimum Gasteiger partial charge on any atom is -0.465 e. The molecule has 1 aliphatic heterocycles. The highest BCUT2D eigenvalue weighted by molar-refractivity contribution is 7.99. The van der Waals surface area contributed by atoms with Gasteiger partial charge in [-0.25, -0.2) is 9.78 Å². The smallest absolute Gasteiger partial charge is 0.339 e. The molecule has 1 aliphatic rings. The number of esters is 2. The monoisotopic (exact) mass is 615 g/mol. The second-order valence-electron chi connectivity index (χ2n) is 12.0.